The number of hydrogen-bond donors (Lipinski definition) is 1. The summed E-state index contributed by atoms with van der Waals surface area (Å²) >= 11 is 0. The van der Waals surface area contributed by atoms with Crippen molar-refractivity contribution >= 4 is 0 Å². The van der Waals surface area contributed by atoms with E-state index < -0.39 is 0 Å². The first-order valence-corrected chi connectivity index (χ1v) is 6.53. The third kappa shape index (κ3) is 4.48. The molecule has 0 spiro atoms. The van der Waals surface area contributed by atoms with Crippen molar-refractivity contribution in [3.8, 4) is 0 Å². The molecule has 0 aliphatic heterocycles. The second kappa shape index (κ2) is 5.65. The quantitative estimate of drug-likeness (QED) is 0.773. The molecule has 1 heterocycles. The topological polar surface area (TPSA) is 33.1 Å². The third-order valence-corrected chi connectivity index (χ3v) is 3.17. The van der Waals surface area contributed by atoms with E-state index in [2.05, 4.69) is 35.5 Å². The maximum absolute atomic E-state index is 4.19. The molecule has 1 atom stereocenters. The van der Waals surface area contributed by atoms with Gasteiger partial charge in [-0.15, -0.1) is 0 Å². The summed E-state index contributed by atoms with van der Waals surface area (Å²) in [7, 11) is 4.15. The number of nitrogens with zero attached hydrogens (tertiary/aromatic N) is 3. The fourth-order valence-corrected chi connectivity index (χ4v) is 2.18. The Kier molecular flexibility index (Phi) is 4.18. The number of aryl methyl sites for hydroxylation is 1. The molecule has 1 N–H and O–H groups in total. The smallest absolute Gasteiger partial charge is 0.0534 e. The number of aromatic nitrogens is 2. The molecule has 1 aliphatic carbocycles. The van der Waals surface area contributed by atoms with Crippen LogP contribution in [-0.2, 0) is 13.6 Å². The van der Waals surface area contributed by atoms with Crippen molar-refractivity contribution < 1.29 is 0 Å². The molecule has 1 aromatic rings. The molecule has 1 fully saturated rings. The van der Waals surface area contributed by atoms with Gasteiger partial charge in [-0.3, -0.25) is 4.68 Å². The van der Waals surface area contributed by atoms with Crippen LogP contribution in [0.2, 0.25) is 0 Å². The van der Waals surface area contributed by atoms with Gasteiger partial charge in [-0.1, -0.05) is 6.92 Å². The molecule has 0 radical (unpaired) electrons. The van der Waals surface area contributed by atoms with Gasteiger partial charge in [0.15, 0.2) is 0 Å². The Balaban J connectivity index is 1.66. The van der Waals surface area contributed by atoms with Crippen LogP contribution in [0.15, 0.2) is 12.4 Å². The number of hydrogen-bond acceptors (Lipinski definition) is 3. The van der Waals surface area contributed by atoms with Crippen LogP contribution in [0.3, 0.4) is 0 Å². The predicted molar refractivity (Wildman–Crippen MR) is 69.7 cm³/mol. The summed E-state index contributed by atoms with van der Waals surface area (Å²) in [4.78, 5) is 2.37. The van der Waals surface area contributed by atoms with E-state index in [0.29, 0.717) is 5.92 Å². The Bertz CT molecular complexity index is 343. The van der Waals surface area contributed by atoms with Crippen molar-refractivity contribution in [2.75, 3.05) is 20.1 Å². The van der Waals surface area contributed by atoms with Crippen molar-refractivity contribution in [1.29, 1.82) is 0 Å². The van der Waals surface area contributed by atoms with Crippen LogP contribution in [0.4, 0.5) is 0 Å². The molecule has 17 heavy (non-hydrogen) atoms. The molecule has 0 amide bonds. The maximum atomic E-state index is 4.19. The van der Waals surface area contributed by atoms with E-state index in [1.807, 2.05) is 17.9 Å². The summed E-state index contributed by atoms with van der Waals surface area (Å²) in [6.07, 6.45) is 6.78. The van der Waals surface area contributed by atoms with Crippen LogP contribution in [0.1, 0.15) is 25.3 Å². The summed E-state index contributed by atoms with van der Waals surface area (Å²) in [5.74, 6) is 0.706. The Labute approximate surface area is 104 Å². The minimum Gasteiger partial charge on any atom is -0.314 e. The highest BCUT2D eigenvalue weighted by Crippen LogP contribution is 2.18. The van der Waals surface area contributed by atoms with Crippen LogP contribution >= 0.6 is 0 Å². The van der Waals surface area contributed by atoms with Crippen LogP contribution < -0.4 is 5.32 Å². The summed E-state index contributed by atoms with van der Waals surface area (Å²) < 4.78 is 1.86. The SMILES string of the molecule is CC(CNC1CC1)CN(C)Cc1cnn(C)c1. The van der Waals surface area contributed by atoms with Gasteiger partial charge in [-0.05, 0) is 32.4 Å². The summed E-state index contributed by atoms with van der Waals surface area (Å²) in [6.45, 7) is 5.58. The Hall–Kier alpha value is -0.870. The molecule has 1 saturated carbocycles. The summed E-state index contributed by atoms with van der Waals surface area (Å²) in [5, 5.41) is 7.78. The minimum atomic E-state index is 0.706. The first kappa shape index (κ1) is 12.6. The van der Waals surface area contributed by atoms with Crippen LogP contribution in [-0.4, -0.2) is 40.9 Å². The van der Waals surface area contributed by atoms with Crippen LogP contribution in [0, 0.1) is 5.92 Å². The second-order valence-corrected chi connectivity index (χ2v) is 5.51. The molecule has 1 aliphatic rings. The fourth-order valence-electron chi connectivity index (χ4n) is 2.18. The van der Waals surface area contributed by atoms with Crippen LogP contribution in [0.25, 0.3) is 0 Å². The average molecular weight is 236 g/mol. The highest BCUT2D eigenvalue weighted by molar-refractivity contribution is 5.02. The van der Waals surface area contributed by atoms with Crippen molar-refractivity contribution in [1.82, 2.24) is 20.0 Å². The molecule has 0 saturated heterocycles. The first-order chi connectivity index (χ1) is 8.13. The van der Waals surface area contributed by atoms with Gasteiger partial charge in [0.25, 0.3) is 0 Å². The molecule has 0 aromatic carbocycles. The highest BCUT2D eigenvalue weighted by atomic mass is 15.2. The largest absolute Gasteiger partial charge is 0.314 e. The lowest BCUT2D eigenvalue weighted by molar-refractivity contribution is 0.273. The van der Waals surface area contributed by atoms with Crippen molar-refractivity contribution in [2.45, 2.75) is 32.4 Å². The van der Waals surface area contributed by atoms with Gasteiger partial charge in [0, 0.05) is 37.9 Å². The molecule has 4 nitrogen and oxygen atoms in total. The molecular formula is C13H24N4. The number of nitrogens with one attached hydrogen (secondary N) is 1. The van der Waals surface area contributed by atoms with Gasteiger partial charge in [-0.25, -0.2) is 0 Å². The number of rotatable bonds is 7. The van der Waals surface area contributed by atoms with E-state index in [9.17, 15) is 0 Å². The normalized spacial score (nSPS) is 17.6. The third-order valence-electron chi connectivity index (χ3n) is 3.17. The van der Waals surface area contributed by atoms with Gasteiger partial charge >= 0.3 is 0 Å². The zero-order valence-electron chi connectivity index (χ0n) is 11.2. The zero-order valence-corrected chi connectivity index (χ0v) is 11.2. The van der Waals surface area contributed by atoms with E-state index >= 15 is 0 Å². The maximum Gasteiger partial charge on any atom is 0.0534 e. The van der Waals surface area contributed by atoms with E-state index in [0.717, 1.165) is 25.7 Å². The first-order valence-electron chi connectivity index (χ1n) is 6.53. The Morgan fingerprint density at radius 2 is 2.35 bits per heavy atom. The lowest BCUT2D eigenvalue weighted by atomic mass is 10.1. The Morgan fingerprint density at radius 1 is 1.59 bits per heavy atom. The second-order valence-electron chi connectivity index (χ2n) is 5.51. The van der Waals surface area contributed by atoms with E-state index in [1.165, 1.54) is 18.4 Å². The van der Waals surface area contributed by atoms with E-state index in [-0.39, 0.29) is 0 Å². The highest BCUT2D eigenvalue weighted by Gasteiger charge is 2.21. The standard InChI is InChI=1S/C13H24N4/c1-11(6-14-13-4-5-13)8-16(2)9-12-7-15-17(3)10-12/h7,10-11,13-14H,4-6,8-9H2,1-3H3. The lowest BCUT2D eigenvalue weighted by Gasteiger charge is -2.21. The van der Waals surface area contributed by atoms with Crippen LogP contribution in [0.5, 0.6) is 0 Å². The Morgan fingerprint density at radius 3 is 2.94 bits per heavy atom. The summed E-state index contributed by atoms with van der Waals surface area (Å²) in [6, 6.07) is 0.820. The van der Waals surface area contributed by atoms with Gasteiger partial charge < -0.3 is 10.2 Å². The fraction of sp³-hybridized carbons (Fsp3) is 0.769. The van der Waals surface area contributed by atoms with E-state index in [1.54, 1.807) is 0 Å². The monoisotopic (exact) mass is 236 g/mol. The predicted octanol–water partition coefficient (Wildman–Crippen LogP) is 1.24. The van der Waals surface area contributed by atoms with Gasteiger partial charge in [-0.2, -0.15) is 5.10 Å². The van der Waals surface area contributed by atoms with Crippen molar-refractivity contribution in [3.05, 3.63) is 18.0 Å². The van der Waals surface area contributed by atoms with Gasteiger partial charge in [0.1, 0.15) is 0 Å². The molecule has 2 rings (SSSR count). The lowest BCUT2D eigenvalue weighted by Crippen LogP contribution is -2.31. The molecule has 1 unspecified atom stereocenters. The van der Waals surface area contributed by atoms with Crippen molar-refractivity contribution in [2.24, 2.45) is 13.0 Å². The molecule has 4 heteroatoms. The van der Waals surface area contributed by atoms with Crippen molar-refractivity contribution in [3.63, 3.8) is 0 Å². The molecule has 1 aromatic heterocycles. The average Bonchev–Trinajstić information content (AvgIpc) is 3.00. The molecule has 96 valence electrons. The molecule has 0 bridgehead atoms. The molecular weight excluding hydrogens is 212 g/mol. The van der Waals surface area contributed by atoms with Gasteiger partial charge in [0.2, 0.25) is 0 Å². The van der Waals surface area contributed by atoms with E-state index in [4.69, 9.17) is 0 Å². The minimum absolute atomic E-state index is 0.706. The zero-order chi connectivity index (χ0) is 12.3. The summed E-state index contributed by atoms with van der Waals surface area (Å²) in [5.41, 5.74) is 1.29. The van der Waals surface area contributed by atoms with Gasteiger partial charge in [0.05, 0.1) is 6.20 Å².